The Bertz CT molecular complexity index is 938. The summed E-state index contributed by atoms with van der Waals surface area (Å²) in [4.78, 5) is 37.4. The summed E-state index contributed by atoms with van der Waals surface area (Å²) in [5.41, 5.74) is 3.51. The van der Waals surface area contributed by atoms with E-state index in [2.05, 4.69) is 10.6 Å². The molecule has 0 aromatic heterocycles. The number of amides is 2. The van der Waals surface area contributed by atoms with Crippen molar-refractivity contribution in [3.8, 4) is 0 Å². The molecule has 2 amide bonds. The number of methoxy groups -OCH3 is 1. The summed E-state index contributed by atoms with van der Waals surface area (Å²) in [6.07, 6.45) is 0.983. The zero-order chi connectivity index (χ0) is 20.5. The number of benzene rings is 2. The van der Waals surface area contributed by atoms with Crippen LogP contribution in [0.1, 0.15) is 39.9 Å². The molecule has 0 spiro atoms. The molecule has 2 aromatic carbocycles. The van der Waals surface area contributed by atoms with Gasteiger partial charge in [-0.05, 0) is 62.9 Å². The lowest BCUT2D eigenvalue weighted by atomic mass is 10.0. The quantitative estimate of drug-likeness (QED) is 0.611. The second kappa shape index (κ2) is 7.46. The minimum Gasteiger partial charge on any atom is -0.465 e. The number of ether oxygens (including phenoxy) is 1. The Morgan fingerprint density at radius 1 is 0.929 bits per heavy atom. The van der Waals surface area contributed by atoms with E-state index >= 15 is 0 Å². The molecule has 0 heterocycles. The van der Waals surface area contributed by atoms with Crippen LogP contribution in [0, 0.1) is 26.2 Å². The highest BCUT2D eigenvalue weighted by Gasteiger charge is 2.56. The molecule has 2 aromatic rings. The second-order valence-corrected chi connectivity index (χ2v) is 7.34. The number of carbonyl (C=O) groups is 3. The Kier molecular flexibility index (Phi) is 5.23. The van der Waals surface area contributed by atoms with E-state index in [4.69, 9.17) is 4.74 Å². The van der Waals surface area contributed by atoms with Crippen LogP contribution in [0.15, 0.2) is 36.4 Å². The maximum Gasteiger partial charge on any atom is 0.337 e. The summed E-state index contributed by atoms with van der Waals surface area (Å²) in [6, 6.07) is 10.5. The van der Waals surface area contributed by atoms with Crippen LogP contribution in [-0.2, 0) is 14.3 Å². The van der Waals surface area contributed by atoms with Gasteiger partial charge in [0.25, 0.3) is 0 Å². The minimum atomic E-state index is -1.08. The molecule has 2 N–H and O–H groups in total. The first-order valence-electron chi connectivity index (χ1n) is 9.16. The Balaban J connectivity index is 1.75. The number of aryl methyl sites for hydroxylation is 3. The van der Waals surface area contributed by atoms with Crippen molar-refractivity contribution in [2.75, 3.05) is 17.7 Å². The van der Waals surface area contributed by atoms with E-state index in [0.29, 0.717) is 24.1 Å². The number of carbonyl (C=O) groups excluding carboxylic acids is 3. The van der Waals surface area contributed by atoms with Gasteiger partial charge in [-0.2, -0.15) is 0 Å². The molecule has 1 aliphatic carbocycles. The van der Waals surface area contributed by atoms with Crippen molar-refractivity contribution in [2.24, 2.45) is 5.41 Å². The minimum absolute atomic E-state index is 0.302. The Morgan fingerprint density at radius 3 is 2.11 bits per heavy atom. The lowest BCUT2D eigenvalue weighted by Gasteiger charge is -2.18. The monoisotopic (exact) mass is 380 g/mol. The Hall–Kier alpha value is -3.15. The topological polar surface area (TPSA) is 84.5 Å². The van der Waals surface area contributed by atoms with Crippen molar-refractivity contribution in [3.05, 3.63) is 58.7 Å². The molecule has 3 rings (SSSR count). The van der Waals surface area contributed by atoms with Crippen LogP contribution >= 0.6 is 0 Å². The molecule has 0 aliphatic heterocycles. The fourth-order valence-corrected chi connectivity index (χ4v) is 3.39. The van der Waals surface area contributed by atoms with Crippen molar-refractivity contribution < 1.29 is 19.1 Å². The normalized spacial score (nSPS) is 14.1. The second-order valence-electron chi connectivity index (χ2n) is 7.34. The molecule has 1 fully saturated rings. The average molecular weight is 380 g/mol. The Morgan fingerprint density at radius 2 is 1.54 bits per heavy atom. The highest BCUT2D eigenvalue weighted by molar-refractivity contribution is 6.17. The number of esters is 1. The van der Waals surface area contributed by atoms with E-state index in [1.165, 1.54) is 13.2 Å². The molecular weight excluding hydrogens is 356 g/mol. The zero-order valence-corrected chi connectivity index (χ0v) is 16.5. The summed E-state index contributed by atoms with van der Waals surface area (Å²) in [7, 11) is 1.30. The fourth-order valence-electron chi connectivity index (χ4n) is 3.39. The highest BCUT2D eigenvalue weighted by atomic mass is 16.5. The van der Waals surface area contributed by atoms with E-state index < -0.39 is 11.4 Å². The molecule has 0 saturated heterocycles. The van der Waals surface area contributed by atoms with Gasteiger partial charge < -0.3 is 15.4 Å². The average Bonchev–Trinajstić information content (AvgIpc) is 3.46. The van der Waals surface area contributed by atoms with Crippen LogP contribution in [0.25, 0.3) is 0 Å². The van der Waals surface area contributed by atoms with Crippen molar-refractivity contribution in [1.29, 1.82) is 0 Å². The van der Waals surface area contributed by atoms with Gasteiger partial charge in [0.15, 0.2) is 0 Å². The summed E-state index contributed by atoms with van der Waals surface area (Å²) in [5.74, 6) is -1.15. The van der Waals surface area contributed by atoms with E-state index in [1.54, 1.807) is 18.2 Å². The maximum absolute atomic E-state index is 12.9. The molecule has 1 saturated carbocycles. The Labute approximate surface area is 164 Å². The third kappa shape index (κ3) is 3.76. The van der Waals surface area contributed by atoms with Crippen LogP contribution in [-0.4, -0.2) is 24.9 Å². The van der Waals surface area contributed by atoms with Crippen LogP contribution < -0.4 is 10.6 Å². The van der Waals surface area contributed by atoms with Crippen LogP contribution in [0.4, 0.5) is 11.4 Å². The van der Waals surface area contributed by atoms with Gasteiger partial charge in [0.2, 0.25) is 11.8 Å². The van der Waals surface area contributed by atoms with Crippen molar-refractivity contribution >= 4 is 29.2 Å². The molecule has 28 heavy (non-hydrogen) atoms. The summed E-state index contributed by atoms with van der Waals surface area (Å²) >= 11 is 0. The van der Waals surface area contributed by atoms with Gasteiger partial charge in [-0.15, -0.1) is 0 Å². The predicted molar refractivity (Wildman–Crippen MR) is 107 cm³/mol. The van der Waals surface area contributed by atoms with Gasteiger partial charge in [-0.3, -0.25) is 9.59 Å². The molecule has 0 bridgehead atoms. The van der Waals surface area contributed by atoms with Crippen LogP contribution in [0.5, 0.6) is 0 Å². The third-order valence-corrected chi connectivity index (χ3v) is 5.08. The van der Waals surface area contributed by atoms with Crippen LogP contribution in [0.2, 0.25) is 0 Å². The molecule has 1 aliphatic rings. The standard InChI is InChI=1S/C22H24N2O4/c1-13-10-14(2)18(15(3)11-13)24-21(27)22(8-9-22)20(26)23-17-7-5-6-16(12-17)19(25)28-4/h5-7,10-12H,8-9H2,1-4H3,(H,23,26)(H,24,27). The molecule has 146 valence electrons. The van der Waals surface area contributed by atoms with E-state index in [1.807, 2.05) is 32.9 Å². The molecular formula is C22H24N2O4. The lowest BCUT2D eigenvalue weighted by Crippen LogP contribution is -2.36. The smallest absolute Gasteiger partial charge is 0.337 e. The third-order valence-electron chi connectivity index (χ3n) is 5.08. The van der Waals surface area contributed by atoms with Gasteiger partial charge in [0, 0.05) is 11.4 Å². The molecule has 0 unspecified atom stereocenters. The van der Waals surface area contributed by atoms with Crippen LogP contribution in [0.3, 0.4) is 0 Å². The molecule has 6 heteroatoms. The van der Waals surface area contributed by atoms with E-state index in [0.717, 1.165) is 22.4 Å². The van der Waals surface area contributed by atoms with Gasteiger partial charge >= 0.3 is 5.97 Å². The van der Waals surface area contributed by atoms with E-state index in [9.17, 15) is 14.4 Å². The number of hydrogen-bond acceptors (Lipinski definition) is 4. The summed E-state index contributed by atoms with van der Waals surface area (Å²) in [6.45, 7) is 5.88. The van der Waals surface area contributed by atoms with Gasteiger partial charge in [-0.25, -0.2) is 4.79 Å². The van der Waals surface area contributed by atoms with Gasteiger partial charge in [0.05, 0.1) is 12.7 Å². The lowest BCUT2D eigenvalue weighted by molar-refractivity contribution is -0.131. The molecule has 6 nitrogen and oxygen atoms in total. The zero-order valence-electron chi connectivity index (χ0n) is 16.5. The van der Waals surface area contributed by atoms with Crippen molar-refractivity contribution in [3.63, 3.8) is 0 Å². The number of hydrogen-bond donors (Lipinski definition) is 2. The SMILES string of the molecule is COC(=O)c1cccc(NC(=O)C2(C(=O)Nc3c(C)cc(C)cc3C)CC2)c1. The summed E-state index contributed by atoms with van der Waals surface area (Å²) < 4.78 is 4.70. The first-order chi connectivity index (χ1) is 13.3. The van der Waals surface area contributed by atoms with E-state index in [-0.39, 0.29) is 11.8 Å². The predicted octanol–water partition coefficient (Wildman–Crippen LogP) is 3.76. The van der Waals surface area contributed by atoms with Crippen molar-refractivity contribution in [2.45, 2.75) is 33.6 Å². The number of anilines is 2. The first kappa shape index (κ1) is 19.6. The van der Waals surface area contributed by atoms with Crippen molar-refractivity contribution in [1.82, 2.24) is 0 Å². The largest absolute Gasteiger partial charge is 0.465 e. The number of nitrogens with one attached hydrogen (secondary N) is 2. The fraction of sp³-hybridized carbons (Fsp3) is 0.318. The summed E-state index contributed by atoms with van der Waals surface area (Å²) in [5, 5.41) is 5.70. The van der Waals surface area contributed by atoms with Gasteiger partial charge in [-0.1, -0.05) is 23.8 Å². The highest BCUT2D eigenvalue weighted by Crippen LogP contribution is 2.47. The maximum atomic E-state index is 12.9. The van der Waals surface area contributed by atoms with Gasteiger partial charge in [0.1, 0.15) is 5.41 Å². The molecule has 0 radical (unpaired) electrons. The number of rotatable bonds is 5. The first-order valence-corrected chi connectivity index (χ1v) is 9.16. The molecule has 0 atom stereocenters.